The summed E-state index contributed by atoms with van der Waals surface area (Å²) in [6.07, 6.45) is 6.19. The lowest BCUT2D eigenvalue weighted by Crippen LogP contribution is -2.51. The molecule has 25 heavy (non-hydrogen) atoms. The van der Waals surface area contributed by atoms with Gasteiger partial charge in [0.15, 0.2) is 0 Å². The minimum absolute atomic E-state index is 0.242. The molecule has 3 heterocycles. The van der Waals surface area contributed by atoms with Crippen molar-refractivity contribution < 1.29 is 9.59 Å². The molecule has 5 nitrogen and oxygen atoms in total. The van der Waals surface area contributed by atoms with Crippen molar-refractivity contribution in [2.75, 3.05) is 45.8 Å². The van der Waals surface area contributed by atoms with Crippen LogP contribution in [0, 0.1) is 0 Å². The SMILES string of the molecule is O=C(CCc1cccs1)N1CCN(CC(=O)N2CCCCCC2)CC1. The van der Waals surface area contributed by atoms with Gasteiger partial charge in [-0.1, -0.05) is 18.9 Å². The van der Waals surface area contributed by atoms with E-state index in [0.29, 0.717) is 13.0 Å². The molecule has 0 aliphatic carbocycles. The number of hydrogen-bond acceptors (Lipinski definition) is 4. The van der Waals surface area contributed by atoms with Crippen molar-refractivity contribution in [3.63, 3.8) is 0 Å². The van der Waals surface area contributed by atoms with Gasteiger partial charge >= 0.3 is 0 Å². The molecule has 2 aliphatic rings. The second kappa shape index (κ2) is 9.34. The highest BCUT2D eigenvalue weighted by molar-refractivity contribution is 7.09. The number of hydrogen-bond donors (Lipinski definition) is 0. The van der Waals surface area contributed by atoms with Crippen LogP contribution in [0.4, 0.5) is 0 Å². The average Bonchev–Trinajstić information content (AvgIpc) is 3.00. The van der Waals surface area contributed by atoms with Crippen molar-refractivity contribution in [1.82, 2.24) is 14.7 Å². The molecule has 2 saturated heterocycles. The number of carbonyl (C=O) groups is 2. The van der Waals surface area contributed by atoms with Crippen molar-refractivity contribution in [3.8, 4) is 0 Å². The van der Waals surface area contributed by atoms with E-state index in [2.05, 4.69) is 16.3 Å². The van der Waals surface area contributed by atoms with Crippen LogP contribution in [0.2, 0.25) is 0 Å². The smallest absolute Gasteiger partial charge is 0.236 e. The zero-order valence-electron chi connectivity index (χ0n) is 15.0. The molecule has 0 spiro atoms. The maximum absolute atomic E-state index is 12.5. The van der Waals surface area contributed by atoms with Crippen molar-refractivity contribution in [1.29, 1.82) is 0 Å². The highest BCUT2D eigenvalue weighted by atomic mass is 32.1. The van der Waals surface area contributed by atoms with E-state index >= 15 is 0 Å². The monoisotopic (exact) mass is 363 g/mol. The van der Waals surface area contributed by atoms with Gasteiger partial charge in [0.1, 0.15) is 0 Å². The van der Waals surface area contributed by atoms with E-state index < -0.39 is 0 Å². The quantitative estimate of drug-likeness (QED) is 0.806. The first kappa shape index (κ1) is 18.4. The van der Waals surface area contributed by atoms with Gasteiger partial charge in [-0.05, 0) is 30.7 Å². The molecule has 0 atom stereocenters. The van der Waals surface area contributed by atoms with E-state index in [1.807, 2.05) is 15.9 Å². The summed E-state index contributed by atoms with van der Waals surface area (Å²) in [4.78, 5) is 32.3. The number of carbonyl (C=O) groups excluding carboxylic acids is 2. The first-order valence-corrected chi connectivity index (χ1v) is 10.4. The summed E-state index contributed by atoms with van der Waals surface area (Å²) in [5.41, 5.74) is 0. The molecule has 0 unspecified atom stereocenters. The van der Waals surface area contributed by atoms with Crippen molar-refractivity contribution >= 4 is 23.2 Å². The third-order valence-corrected chi connectivity index (χ3v) is 6.14. The Kier molecular flexibility index (Phi) is 6.87. The second-order valence-electron chi connectivity index (χ2n) is 7.03. The summed E-state index contributed by atoms with van der Waals surface area (Å²) in [5, 5.41) is 2.06. The van der Waals surface area contributed by atoms with Gasteiger partial charge < -0.3 is 9.80 Å². The molecule has 3 rings (SSSR count). The summed E-state index contributed by atoms with van der Waals surface area (Å²) in [7, 11) is 0. The fourth-order valence-corrected chi connectivity index (χ4v) is 4.32. The van der Waals surface area contributed by atoms with Crippen LogP contribution in [0.1, 0.15) is 37.0 Å². The standard InChI is InChI=1S/C19H29N3O2S/c23-18(8-7-17-6-5-15-25-17)22-13-11-20(12-14-22)16-19(24)21-9-3-1-2-4-10-21/h5-6,15H,1-4,7-14,16H2. The molecule has 0 saturated carbocycles. The molecule has 0 bridgehead atoms. The third-order valence-electron chi connectivity index (χ3n) is 5.21. The highest BCUT2D eigenvalue weighted by Crippen LogP contribution is 2.13. The lowest BCUT2D eigenvalue weighted by Gasteiger charge is -2.35. The van der Waals surface area contributed by atoms with Gasteiger partial charge in [0.05, 0.1) is 6.54 Å². The van der Waals surface area contributed by atoms with Crippen LogP contribution < -0.4 is 0 Å². The first-order valence-electron chi connectivity index (χ1n) is 9.52. The summed E-state index contributed by atoms with van der Waals surface area (Å²) < 4.78 is 0. The number of likely N-dealkylation sites (tertiary alicyclic amines) is 1. The van der Waals surface area contributed by atoms with Gasteiger partial charge in [-0.15, -0.1) is 11.3 Å². The van der Waals surface area contributed by atoms with Gasteiger partial charge in [0, 0.05) is 50.6 Å². The Labute approximate surface area is 154 Å². The largest absolute Gasteiger partial charge is 0.342 e. The molecule has 6 heteroatoms. The van der Waals surface area contributed by atoms with Gasteiger partial charge in [0.25, 0.3) is 0 Å². The summed E-state index contributed by atoms with van der Waals surface area (Å²) in [6.45, 7) is 5.46. The third kappa shape index (κ3) is 5.54. The van der Waals surface area contributed by atoms with Crippen LogP contribution in [0.15, 0.2) is 17.5 Å². The number of piperazine rings is 1. The predicted octanol–water partition coefficient (Wildman–Crippen LogP) is 2.23. The minimum atomic E-state index is 0.242. The molecular weight excluding hydrogens is 334 g/mol. The van der Waals surface area contributed by atoms with Crippen LogP contribution in [0.3, 0.4) is 0 Å². The summed E-state index contributed by atoms with van der Waals surface area (Å²) in [5.74, 6) is 0.506. The van der Waals surface area contributed by atoms with Crippen molar-refractivity contribution in [3.05, 3.63) is 22.4 Å². The van der Waals surface area contributed by atoms with Gasteiger partial charge in [-0.3, -0.25) is 14.5 Å². The molecule has 0 N–H and O–H groups in total. The Hall–Kier alpha value is -1.40. The minimum Gasteiger partial charge on any atom is -0.342 e. The highest BCUT2D eigenvalue weighted by Gasteiger charge is 2.24. The van der Waals surface area contributed by atoms with E-state index in [4.69, 9.17) is 0 Å². The van der Waals surface area contributed by atoms with E-state index in [0.717, 1.165) is 58.5 Å². The van der Waals surface area contributed by atoms with Crippen molar-refractivity contribution in [2.24, 2.45) is 0 Å². The fourth-order valence-electron chi connectivity index (χ4n) is 3.61. The molecule has 0 radical (unpaired) electrons. The zero-order valence-corrected chi connectivity index (χ0v) is 15.8. The lowest BCUT2D eigenvalue weighted by atomic mass is 10.2. The van der Waals surface area contributed by atoms with Gasteiger partial charge in [-0.2, -0.15) is 0 Å². The number of amides is 2. The Morgan fingerprint density at radius 3 is 2.20 bits per heavy atom. The van der Waals surface area contributed by atoms with E-state index in [1.165, 1.54) is 17.7 Å². The molecule has 2 amide bonds. The van der Waals surface area contributed by atoms with Gasteiger partial charge in [-0.25, -0.2) is 0 Å². The maximum atomic E-state index is 12.5. The Morgan fingerprint density at radius 2 is 1.56 bits per heavy atom. The van der Waals surface area contributed by atoms with E-state index in [9.17, 15) is 9.59 Å². The van der Waals surface area contributed by atoms with Crippen molar-refractivity contribution in [2.45, 2.75) is 38.5 Å². The molecule has 138 valence electrons. The topological polar surface area (TPSA) is 43.9 Å². The molecular formula is C19H29N3O2S. The van der Waals surface area contributed by atoms with Crippen LogP contribution >= 0.6 is 11.3 Å². The Balaban J connectivity index is 1.37. The fraction of sp³-hybridized carbons (Fsp3) is 0.684. The maximum Gasteiger partial charge on any atom is 0.236 e. The molecule has 0 aromatic carbocycles. The first-order chi connectivity index (χ1) is 12.2. The van der Waals surface area contributed by atoms with Crippen LogP contribution in [0.25, 0.3) is 0 Å². The molecule has 2 aliphatic heterocycles. The van der Waals surface area contributed by atoms with E-state index in [1.54, 1.807) is 11.3 Å². The summed E-state index contributed by atoms with van der Waals surface area (Å²) >= 11 is 1.71. The molecule has 1 aromatic heterocycles. The number of rotatable bonds is 5. The Morgan fingerprint density at radius 1 is 0.880 bits per heavy atom. The normalized spacial score (nSPS) is 19.7. The Bertz CT molecular complexity index is 545. The zero-order chi connectivity index (χ0) is 17.5. The van der Waals surface area contributed by atoms with Crippen LogP contribution in [-0.4, -0.2) is 72.3 Å². The van der Waals surface area contributed by atoms with E-state index in [-0.39, 0.29) is 11.8 Å². The predicted molar refractivity (Wildman–Crippen MR) is 101 cm³/mol. The molecule has 1 aromatic rings. The van der Waals surface area contributed by atoms with Crippen LogP contribution in [-0.2, 0) is 16.0 Å². The van der Waals surface area contributed by atoms with Gasteiger partial charge in [0.2, 0.25) is 11.8 Å². The van der Waals surface area contributed by atoms with Crippen LogP contribution in [0.5, 0.6) is 0 Å². The average molecular weight is 364 g/mol. The number of thiophene rings is 1. The molecule has 2 fully saturated rings. The number of nitrogens with zero attached hydrogens (tertiary/aromatic N) is 3. The number of aryl methyl sites for hydroxylation is 1. The lowest BCUT2D eigenvalue weighted by molar-refractivity contribution is -0.135. The second-order valence-corrected chi connectivity index (χ2v) is 8.06. The summed E-state index contributed by atoms with van der Waals surface area (Å²) in [6, 6.07) is 4.12.